The van der Waals surface area contributed by atoms with Gasteiger partial charge in [0, 0.05) is 30.9 Å². The summed E-state index contributed by atoms with van der Waals surface area (Å²) in [5, 5.41) is 7.94. The summed E-state index contributed by atoms with van der Waals surface area (Å²) in [6.45, 7) is 1.96. The number of benzene rings is 1. The Morgan fingerprint density at radius 3 is 2.79 bits per heavy atom. The third-order valence-corrected chi connectivity index (χ3v) is 3.55. The number of rotatable bonds is 7. The van der Waals surface area contributed by atoms with E-state index in [1.807, 2.05) is 6.20 Å². The van der Waals surface area contributed by atoms with Gasteiger partial charge in [0.15, 0.2) is 0 Å². The summed E-state index contributed by atoms with van der Waals surface area (Å²) in [5.74, 6) is 0. The van der Waals surface area contributed by atoms with Gasteiger partial charge in [0.1, 0.15) is 0 Å². The number of aromatic nitrogens is 2. The first kappa shape index (κ1) is 12.4. The van der Waals surface area contributed by atoms with Crippen molar-refractivity contribution in [1.82, 2.24) is 15.1 Å². The van der Waals surface area contributed by atoms with Gasteiger partial charge in [0.25, 0.3) is 0 Å². The van der Waals surface area contributed by atoms with Gasteiger partial charge in [0.2, 0.25) is 0 Å². The molecule has 0 unspecified atom stereocenters. The average Bonchev–Trinajstić information content (AvgIpc) is 3.17. The summed E-state index contributed by atoms with van der Waals surface area (Å²) >= 11 is 0. The fourth-order valence-electron chi connectivity index (χ4n) is 2.26. The Balaban J connectivity index is 1.42. The van der Waals surface area contributed by atoms with E-state index >= 15 is 0 Å². The van der Waals surface area contributed by atoms with Crippen molar-refractivity contribution in [3.8, 4) is 0 Å². The maximum Gasteiger partial charge on any atom is 0.0534 e. The second kappa shape index (κ2) is 6.02. The molecule has 3 rings (SSSR count). The van der Waals surface area contributed by atoms with E-state index in [2.05, 4.69) is 51.6 Å². The highest BCUT2D eigenvalue weighted by Crippen LogP contribution is 2.19. The molecular formula is C16H21N3. The smallest absolute Gasteiger partial charge is 0.0534 e. The predicted molar refractivity (Wildman–Crippen MR) is 76.9 cm³/mol. The highest BCUT2D eigenvalue weighted by molar-refractivity contribution is 5.14. The second-order valence-electron chi connectivity index (χ2n) is 5.36. The Labute approximate surface area is 114 Å². The van der Waals surface area contributed by atoms with Crippen molar-refractivity contribution in [2.45, 2.75) is 44.8 Å². The molecule has 1 aliphatic rings. The molecule has 2 aromatic rings. The van der Waals surface area contributed by atoms with E-state index in [1.54, 1.807) is 0 Å². The molecule has 0 radical (unpaired) electrons. The molecule has 3 nitrogen and oxygen atoms in total. The molecule has 1 N–H and O–H groups in total. The van der Waals surface area contributed by atoms with Gasteiger partial charge in [-0.15, -0.1) is 0 Å². The molecule has 0 spiro atoms. The minimum Gasteiger partial charge on any atom is -0.310 e. The van der Waals surface area contributed by atoms with Crippen molar-refractivity contribution in [3.63, 3.8) is 0 Å². The largest absolute Gasteiger partial charge is 0.310 e. The van der Waals surface area contributed by atoms with Crippen LogP contribution in [0.3, 0.4) is 0 Å². The Morgan fingerprint density at radius 1 is 1.16 bits per heavy atom. The Morgan fingerprint density at radius 2 is 2.00 bits per heavy atom. The molecule has 1 heterocycles. The van der Waals surface area contributed by atoms with Crippen LogP contribution >= 0.6 is 0 Å². The van der Waals surface area contributed by atoms with Gasteiger partial charge in [-0.1, -0.05) is 30.3 Å². The summed E-state index contributed by atoms with van der Waals surface area (Å²) in [6, 6.07) is 11.4. The SMILES string of the molecule is c1ccc(CCCn2cc(CNC3CC3)cn2)cc1. The van der Waals surface area contributed by atoms with E-state index in [1.165, 1.54) is 24.0 Å². The minimum absolute atomic E-state index is 0.765. The molecule has 0 bridgehead atoms. The maximum atomic E-state index is 4.42. The molecule has 19 heavy (non-hydrogen) atoms. The Bertz CT molecular complexity index is 500. The zero-order chi connectivity index (χ0) is 12.9. The van der Waals surface area contributed by atoms with E-state index in [9.17, 15) is 0 Å². The van der Waals surface area contributed by atoms with Crippen LogP contribution < -0.4 is 5.32 Å². The third kappa shape index (κ3) is 3.93. The van der Waals surface area contributed by atoms with Crippen LogP contribution in [-0.4, -0.2) is 15.8 Å². The van der Waals surface area contributed by atoms with Crippen molar-refractivity contribution in [2.75, 3.05) is 0 Å². The average molecular weight is 255 g/mol. The first-order valence-corrected chi connectivity index (χ1v) is 7.19. The van der Waals surface area contributed by atoms with Crippen molar-refractivity contribution < 1.29 is 0 Å². The first-order valence-electron chi connectivity index (χ1n) is 7.19. The van der Waals surface area contributed by atoms with Gasteiger partial charge >= 0.3 is 0 Å². The molecule has 3 heteroatoms. The van der Waals surface area contributed by atoms with E-state index in [4.69, 9.17) is 0 Å². The van der Waals surface area contributed by atoms with E-state index in [-0.39, 0.29) is 0 Å². The van der Waals surface area contributed by atoms with Crippen LogP contribution in [-0.2, 0) is 19.5 Å². The number of nitrogens with zero attached hydrogens (tertiary/aromatic N) is 2. The molecule has 100 valence electrons. The lowest BCUT2D eigenvalue weighted by Crippen LogP contribution is -2.14. The van der Waals surface area contributed by atoms with Crippen molar-refractivity contribution in [2.24, 2.45) is 0 Å². The van der Waals surface area contributed by atoms with Crippen molar-refractivity contribution in [3.05, 3.63) is 53.9 Å². The maximum absolute atomic E-state index is 4.42. The van der Waals surface area contributed by atoms with Crippen LogP contribution in [0, 0.1) is 0 Å². The standard InChI is InChI=1S/C16H21N3/c1-2-5-14(6-3-1)7-4-10-19-13-15(12-18-19)11-17-16-8-9-16/h1-3,5-6,12-13,16-17H,4,7-11H2. The lowest BCUT2D eigenvalue weighted by molar-refractivity contribution is 0.577. The number of aryl methyl sites for hydroxylation is 2. The molecule has 1 saturated carbocycles. The second-order valence-corrected chi connectivity index (χ2v) is 5.36. The Hall–Kier alpha value is -1.61. The lowest BCUT2D eigenvalue weighted by Gasteiger charge is -2.02. The molecule has 0 saturated heterocycles. The highest BCUT2D eigenvalue weighted by Gasteiger charge is 2.20. The third-order valence-electron chi connectivity index (χ3n) is 3.55. The minimum atomic E-state index is 0.765. The van der Waals surface area contributed by atoms with Gasteiger partial charge < -0.3 is 5.32 Å². The summed E-state index contributed by atoms with van der Waals surface area (Å²) in [4.78, 5) is 0. The number of hydrogen-bond donors (Lipinski definition) is 1. The summed E-state index contributed by atoms with van der Waals surface area (Å²) in [6.07, 6.45) is 9.09. The van der Waals surface area contributed by atoms with Crippen LogP contribution in [0.15, 0.2) is 42.7 Å². The molecule has 0 aliphatic heterocycles. The van der Waals surface area contributed by atoms with Crippen molar-refractivity contribution in [1.29, 1.82) is 0 Å². The lowest BCUT2D eigenvalue weighted by atomic mass is 10.1. The van der Waals surface area contributed by atoms with Crippen LogP contribution in [0.1, 0.15) is 30.4 Å². The zero-order valence-electron chi connectivity index (χ0n) is 11.3. The molecule has 1 fully saturated rings. The fourth-order valence-corrected chi connectivity index (χ4v) is 2.26. The zero-order valence-corrected chi connectivity index (χ0v) is 11.3. The van der Waals surface area contributed by atoms with Gasteiger partial charge in [-0.25, -0.2) is 0 Å². The predicted octanol–water partition coefficient (Wildman–Crippen LogP) is 2.77. The Kier molecular flexibility index (Phi) is 3.94. The normalized spacial score (nSPS) is 14.7. The van der Waals surface area contributed by atoms with Crippen molar-refractivity contribution >= 4 is 0 Å². The topological polar surface area (TPSA) is 29.9 Å². The van der Waals surface area contributed by atoms with E-state index in [0.29, 0.717) is 0 Å². The van der Waals surface area contributed by atoms with Crippen LogP contribution in [0.25, 0.3) is 0 Å². The monoisotopic (exact) mass is 255 g/mol. The number of hydrogen-bond acceptors (Lipinski definition) is 2. The van der Waals surface area contributed by atoms with Crippen LogP contribution in [0.5, 0.6) is 0 Å². The number of nitrogens with one attached hydrogen (secondary N) is 1. The van der Waals surface area contributed by atoms with Gasteiger partial charge in [-0.3, -0.25) is 4.68 Å². The van der Waals surface area contributed by atoms with Gasteiger partial charge in [0.05, 0.1) is 6.20 Å². The van der Waals surface area contributed by atoms with Crippen LogP contribution in [0.4, 0.5) is 0 Å². The van der Waals surface area contributed by atoms with Crippen LogP contribution in [0.2, 0.25) is 0 Å². The molecule has 0 amide bonds. The van der Waals surface area contributed by atoms with E-state index < -0.39 is 0 Å². The molecule has 1 aliphatic carbocycles. The first-order chi connectivity index (χ1) is 9.40. The van der Waals surface area contributed by atoms with Gasteiger partial charge in [-0.05, 0) is 31.2 Å². The summed E-state index contributed by atoms with van der Waals surface area (Å²) in [5.41, 5.74) is 2.71. The van der Waals surface area contributed by atoms with Gasteiger partial charge in [-0.2, -0.15) is 5.10 Å². The summed E-state index contributed by atoms with van der Waals surface area (Å²) < 4.78 is 2.06. The molecule has 1 aromatic carbocycles. The fraction of sp³-hybridized carbons (Fsp3) is 0.438. The molecule has 0 atom stereocenters. The quantitative estimate of drug-likeness (QED) is 0.824. The van der Waals surface area contributed by atoms with E-state index in [0.717, 1.165) is 32.0 Å². The highest BCUT2D eigenvalue weighted by atomic mass is 15.3. The molecule has 1 aromatic heterocycles. The summed E-state index contributed by atoms with van der Waals surface area (Å²) in [7, 11) is 0. The molecular weight excluding hydrogens is 234 g/mol.